The molecule has 0 aliphatic rings. The minimum Gasteiger partial charge on any atom is -0.508 e. The monoisotopic (exact) mass is 217 g/mol. The van der Waals surface area contributed by atoms with Crippen LogP contribution < -0.4 is 0 Å². The first kappa shape index (κ1) is 14.8. The van der Waals surface area contributed by atoms with E-state index in [-0.39, 0.29) is 41.1 Å². The van der Waals surface area contributed by atoms with Gasteiger partial charge < -0.3 is 10.2 Å². The van der Waals surface area contributed by atoms with Gasteiger partial charge in [0.2, 0.25) is 0 Å². The number of aromatic hydroxyl groups is 2. The summed E-state index contributed by atoms with van der Waals surface area (Å²) in [5, 5.41) is 19.0. The van der Waals surface area contributed by atoms with Crippen LogP contribution in [0.1, 0.15) is 38.2 Å². The number of hydrogen-bond acceptors (Lipinski definition) is 2. The molecule has 15 heavy (non-hydrogen) atoms. The van der Waals surface area contributed by atoms with E-state index in [0.717, 1.165) is 19.3 Å². The molecule has 0 spiro atoms. The summed E-state index contributed by atoms with van der Waals surface area (Å²) >= 11 is 0. The molecule has 1 rings (SSSR count). The van der Waals surface area contributed by atoms with Gasteiger partial charge in [-0.2, -0.15) is 0 Å². The van der Waals surface area contributed by atoms with Crippen molar-refractivity contribution in [2.75, 3.05) is 0 Å². The molecule has 2 nitrogen and oxygen atoms in total. The van der Waals surface area contributed by atoms with Crippen LogP contribution >= 0.6 is 0 Å². The molecule has 0 heterocycles. The Bertz CT molecular complexity index is 267. The molecule has 0 fully saturated rings. The smallest absolute Gasteiger partial charge is 0.122 e. The van der Waals surface area contributed by atoms with E-state index in [4.69, 9.17) is 0 Å². The number of phenolic OH excluding ortho intramolecular Hbond substituents is 2. The maximum Gasteiger partial charge on any atom is 0.122 e. The second-order valence-corrected chi connectivity index (χ2v) is 3.59. The Balaban J connectivity index is 0.00000196. The number of benzene rings is 1. The summed E-state index contributed by atoms with van der Waals surface area (Å²) in [5.74, 6) is 0.419. The van der Waals surface area contributed by atoms with E-state index in [1.165, 1.54) is 12.8 Å². The van der Waals surface area contributed by atoms with Crippen LogP contribution in [0.3, 0.4) is 0 Å². The third-order valence-corrected chi connectivity index (χ3v) is 2.41. The SMILES string of the molecule is CCCCCCc1c(O)cccc1O.[Na]. The van der Waals surface area contributed by atoms with Crippen LogP contribution in [0.2, 0.25) is 0 Å². The first-order valence-electron chi connectivity index (χ1n) is 5.25. The summed E-state index contributed by atoms with van der Waals surface area (Å²) in [7, 11) is 0. The van der Waals surface area contributed by atoms with Gasteiger partial charge in [0, 0.05) is 35.1 Å². The molecule has 0 aromatic heterocycles. The summed E-state index contributed by atoms with van der Waals surface area (Å²) in [4.78, 5) is 0. The van der Waals surface area contributed by atoms with Crippen molar-refractivity contribution in [2.24, 2.45) is 0 Å². The Hall–Kier alpha value is -0.180. The molecule has 3 heteroatoms. The van der Waals surface area contributed by atoms with E-state index in [9.17, 15) is 10.2 Å². The van der Waals surface area contributed by atoms with Crippen LogP contribution in [0.25, 0.3) is 0 Å². The van der Waals surface area contributed by atoms with E-state index in [0.29, 0.717) is 5.56 Å². The van der Waals surface area contributed by atoms with Gasteiger partial charge in [0.25, 0.3) is 0 Å². The first-order chi connectivity index (χ1) is 6.75. The molecular weight excluding hydrogens is 199 g/mol. The van der Waals surface area contributed by atoms with Gasteiger partial charge in [-0.15, -0.1) is 0 Å². The van der Waals surface area contributed by atoms with Gasteiger partial charge in [-0.1, -0.05) is 32.3 Å². The molecule has 2 N–H and O–H groups in total. The van der Waals surface area contributed by atoms with Crippen molar-refractivity contribution in [1.82, 2.24) is 0 Å². The number of phenols is 2. The quantitative estimate of drug-likeness (QED) is 0.588. The molecule has 0 aliphatic carbocycles. The zero-order chi connectivity index (χ0) is 10.4. The number of rotatable bonds is 5. The predicted molar refractivity (Wildman–Crippen MR) is 63.4 cm³/mol. The topological polar surface area (TPSA) is 40.5 Å². The van der Waals surface area contributed by atoms with Crippen molar-refractivity contribution in [3.8, 4) is 11.5 Å². The first-order valence-corrected chi connectivity index (χ1v) is 5.25. The minimum atomic E-state index is 0. The number of unbranched alkanes of at least 4 members (excludes halogenated alkanes) is 3. The van der Waals surface area contributed by atoms with E-state index < -0.39 is 0 Å². The molecule has 0 bridgehead atoms. The van der Waals surface area contributed by atoms with E-state index in [1.807, 2.05) is 0 Å². The fraction of sp³-hybridized carbons (Fsp3) is 0.500. The number of hydrogen-bond donors (Lipinski definition) is 2. The van der Waals surface area contributed by atoms with Crippen molar-refractivity contribution in [3.05, 3.63) is 23.8 Å². The van der Waals surface area contributed by atoms with Crippen LogP contribution in [-0.4, -0.2) is 39.8 Å². The fourth-order valence-corrected chi connectivity index (χ4v) is 1.55. The van der Waals surface area contributed by atoms with Gasteiger partial charge in [-0.05, 0) is 25.0 Å². The maximum atomic E-state index is 9.49. The second kappa shape index (κ2) is 8.03. The van der Waals surface area contributed by atoms with Crippen molar-refractivity contribution in [1.29, 1.82) is 0 Å². The van der Waals surface area contributed by atoms with Gasteiger partial charge in [-0.3, -0.25) is 0 Å². The Kier molecular flexibility index (Phi) is 7.93. The molecule has 1 radical (unpaired) electrons. The van der Waals surface area contributed by atoms with Crippen LogP contribution in [0.4, 0.5) is 0 Å². The minimum absolute atomic E-state index is 0. The summed E-state index contributed by atoms with van der Waals surface area (Å²) in [6.07, 6.45) is 5.36. The fourth-order valence-electron chi connectivity index (χ4n) is 1.55. The maximum absolute atomic E-state index is 9.49. The summed E-state index contributed by atoms with van der Waals surface area (Å²) in [6, 6.07) is 4.89. The van der Waals surface area contributed by atoms with Crippen LogP contribution in [-0.2, 0) is 6.42 Å². The van der Waals surface area contributed by atoms with E-state index in [1.54, 1.807) is 18.2 Å². The molecule has 0 saturated carbocycles. The second-order valence-electron chi connectivity index (χ2n) is 3.59. The molecule has 0 aliphatic heterocycles. The average Bonchev–Trinajstić information content (AvgIpc) is 2.16. The molecule has 0 saturated heterocycles. The summed E-state index contributed by atoms with van der Waals surface area (Å²) in [5.41, 5.74) is 0.684. The molecule has 0 unspecified atom stereocenters. The molecule has 79 valence electrons. The predicted octanol–water partition coefficient (Wildman–Crippen LogP) is 2.84. The van der Waals surface area contributed by atoms with E-state index in [2.05, 4.69) is 6.92 Å². The van der Waals surface area contributed by atoms with Gasteiger partial charge in [0.1, 0.15) is 11.5 Å². The van der Waals surface area contributed by atoms with Crippen molar-refractivity contribution in [3.63, 3.8) is 0 Å². The molecule has 0 amide bonds. The van der Waals surface area contributed by atoms with E-state index >= 15 is 0 Å². The molecule has 0 atom stereocenters. The normalized spacial score (nSPS) is 9.67. The van der Waals surface area contributed by atoms with Gasteiger partial charge >= 0.3 is 0 Å². The van der Waals surface area contributed by atoms with Gasteiger partial charge in [0.15, 0.2) is 0 Å². The Morgan fingerprint density at radius 2 is 1.60 bits per heavy atom. The summed E-state index contributed by atoms with van der Waals surface area (Å²) < 4.78 is 0. The zero-order valence-electron chi connectivity index (χ0n) is 9.66. The Morgan fingerprint density at radius 3 is 2.13 bits per heavy atom. The molecule has 1 aromatic carbocycles. The van der Waals surface area contributed by atoms with Crippen LogP contribution in [0.15, 0.2) is 18.2 Å². The van der Waals surface area contributed by atoms with Gasteiger partial charge in [0.05, 0.1) is 0 Å². The Morgan fingerprint density at radius 1 is 1.00 bits per heavy atom. The van der Waals surface area contributed by atoms with Crippen LogP contribution in [0.5, 0.6) is 11.5 Å². The molecule has 1 aromatic rings. The average molecular weight is 217 g/mol. The standard InChI is InChI=1S/C12H18O2.Na/c1-2-3-4-5-7-10-11(13)8-6-9-12(10)14;/h6,8-9,13-14H,2-5,7H2,1H3;. The van der Waals surface area contributed by atoms with Crippen molar-refractivity contribution >= 4 is 29.6 Å². The van der Waals surface area contributed by atoms with Crippen LogP contribution in [0, 0.1) is 0 Å². The third-order valence-electron chi connectivity index (χ3n) is 2.41. The molecular formula is C12H18NaO2. The third kappa shape index (κ3) is 4.92. The zero-order valence-corrected chi connectivity index (χ0v) is 11.7. The van der Waals surface area contributed by atoms with Crippen molar-refractivity contribution in [2.45, 2.75) is 39.0 Å². The van der Waals surface area contributed by atoms with Crippen molar-refractivity contribution < 1.29 is 10.2 Å². The summed E-state index contributed by atoms with van der Waals surface area (Å²) in [6.45, 7) is 2.16. The Labute approximate surface area is 114 Å². The van der Waals surface area contributed by atoms with Gasteiger partial charge in [-0.25, -0.2) is 0 Å². The largest absolute Gasteiger partial charge is 0.508 e.